The van der Waals surface area contributed by atoms with E-state index >= 15 is 0 Å². The summed E-state index contributed by atoms with van der Waals surface area (Å²) in [6.07, 6.45) is 6.12. The second-order valence-electron chi connectivity index (χ2n) is 4.66. The lowest BCUT2D eigenvalue weighted by atomic mass is 9.92. The van der Waals surface area contributed by atoms with Gasteiger partial charge in [-0.2, -0.15) is 0 Å². The predicted molar refractivity (Wildman–Crippen MR) is 66.7 cm³/mol. The Bertz CT molecular complexity index is 340. The first-order chi connectivity index (χ1) is 7.66. The highest BCUT2D eigenvalue weighted by molar-refractivity contribution is 7.11. The molecule has 0 aliphatic heterocycles. The molecule has 1 aromatic heterocycles. The quantitative estimate of drug-likeness (QED) is 0.853. The van der Waals surface area contributed by atoms with Gasteiger partial charge in [-0.15, -0.1) is 11.3 Å². The van der Waals surface area contributed by atoms with Crippen molar-refractivity contribution in [2.45, 2.75) is 57.7 Å². The first-order valence-electron chi connectivity index (χ1n) is 6.03. The topological polar surface area (TPSA) is 45.2 Å². The number of nitrogens with zero attached hydrogens (tertiary/aromatic N) is 1. The number of aromatic nitrogens is 1. The summed E-state index contributed by atoms with van der Waals surface area (Å²) < 4.78 is 0. The Hall–Kier alpha value is -0.450. The van der Waals surface area contributed by atoms with Crippen LogP contribution in [0.1, 0.15) is 48.5 Å². The van der Waals surface area contributed by atoms with Crippen LogP contribution in [0.4, 0.5) is 0 Å². The van der Waals surface area contributed by atoms with Gasteiger partial charge in [0.2, 0.25) is 0 Å². The van der Waals surface area contributed by atoms with Crippen LogP contribution in [0.15, 0.2) is 6.20 Å². The van der Waals surface area contributed by atoms with Crippen molar-refractivity contribution in [2.75, 3.05) is 0 Å². The standard InChI is InChI=1S/C12H20N2OS/c1-8-7-13-12(16-8)9(2)14-10-5-3-4-6-11(10)15/h7,9-11,14-15H,3-6H2,1-2H3/t9?,10-,11-/m0/s1. The first kappa shape index (κ1) is 12.0. The molecule has 1 heterocycles. The molecule has 1 aliphatic rings. The molecule has 3 nitrogen and oxygen atoms in total. The van der Waals surface area contributed by atoms with Crippen LogP contribution in [0.3, 0.4) is 0 Å². The van der Waals surface area contributed by atoms with Crippen LogP contribution >= 0.6 is 11.3 Å². The predicted octanol–water partition coefficient (Wildman–Crippen LogP) is 2.41. The molecule has 0 spiro atoms. The molecule has 16 heavy (non-hydrogen) atoms. The average molecular weight is 240 g/mol. The van der Waals surface area contributed by atoms with Gasteiger partial charge in [-0.3, -0.25) is 0 Å². The van der Waals surface area contributed by atoms with Crippen molar-refractivity contribution in [2.24, 2.45) is 0 Å². The van der Waals surface area contributed by atoms with Crippen LogP contribution < -0.4 is 5.32 Å². The van der Waals surface area contributed by atoms with Crippen LogP contribution in [-0.2, 0) is 0 Å². The summed E-state index contributed by atoms with van der Waals surface area (Å²) in [6.45, 7) is 4.20. The summed E-state index contributed by atoms with van der Waals surface area (Å²) in [6, 6.07) is 0.490. The van der Waals surface area contributed by atoms with Gasteiger partial charge in [0.1, 0.15) is 5.01 Å². The molecule has 90 valence electrons. The number of aliphatic hydroxyl groups is 1. The van der Waals surface area contributed by atoms with E-state index in [1.165, 1.54) is 11.3 Å². The third-order valence-corrected chi connectivity index (χ3v) is 4.30. The number of thiazole rings is 1. The van der Waals surface area contributed by atoms with E-state index in [9.17, 15) is 5.11 Å². The van der Waals surface area contributed by atoms with Crippen molar-refractivity contribution >= 4 is 11.3 Å². The zero-order valence-corrected chi connectivity index (χ0v) is 10.8. The number of hydrogen-bond donors (Lipinski definition) is 2. The summed E-state index contributed by atoms with van der Waals surface area (Å²) in [7, 11) is 0. The monoisotopic (exact) mass is 240 g/mol. The summed E-state index contributed by atoms with van der Waals surface area (Å²) >= 11 is 1.73. The van der Waals surface area contributed by atoms with Crippen molar-refractivity contribution in [3.05, 3.63) is 16.1 Å². The third-order valence-electron chi connectivity index (χ3n) is 3.20. The van der Waals surface area contributed by atoms with Gasteiger partial charge in [0, 0.05) is 17.1 Å². The molecular weight excluding hydrogens is 220 g/mol. The molecule has 0 bridgehead atoms. The number of hydrogen-bond acceptors (Lipinski definition) is 4. The van der Waals surface area contributed by atoms with Gasteiger partial charge in [0.25, 0.3) is 0 Å². The zero-order chi connectivity index (χ0) is 11.5. The maximum Gasteiger partial charge on any atom is 0.109 e. The molecule has 2 N–H and O–H groups in total. The van der Waals surface area contributed by atoms with E-state index in [-0.39, 0.29) is 18.2 Å². The van der Waals surface area contributed by atoms with E-state index < -0.39 is 0 Å². The highest BCUT2D eigenvalue weighted by atomic mass is 32.1. The Morgan fingerprint density at radius 3 is 2.88 bits per heavy atom. The fourth-order valence-electron chi connectivity index (χ4n) is 2.27. The van der Waals surface area contributed by atoms with Crippen molar-refractivity contribution < 1.29 is 5.11 Å². The first-order valence-corrected chi connectivity index (χ1v) is 6.85. The van der Waals surface area contributed by atoms with Gasteiger partial charge in [-0.05, 0) is 26.7 Å². The summed E-state index contributed by atoms with van der Waals surface area (Å²) in [4.78, 5) is 5.62. The maximum atomic E-state index is 9.89. The van der Waals surface area contributed by atoms with Gasteiger partial charge < -0.3 is 10.4 Å². The Kier molecular flexibility index (Phi) is 3.95. The Morgan fingerprint density at radius 1 is 1.50 bits per heavy atom. The van der Waals surface area contributed by atoms with Gasteiger partial charge in [0.15, 0.2) is 0 Å². The lowest BCUT2D eigenvalue weighted by Crippen LogP contribution is -2.43. The smallest absolute Gasteiger partial charge is 0.109 e. The van der Waals surface area contributed by atoms with Crippen LogP contribution in [0.2, 0.25) is 0 Å². The van der Waals surface area contributed by atoms with Crippen LogP contribution in [0, 0.1) is 6.92 Å². The van der Waals surface area contributed by atoms with E-state index in [0.717, 1.165) is 24.3 Å². The third kappa shape index (κ3) is 2.81. The largest absolute Gasteiger partial charge is 0.392 e. The van der Waals surface area contributed by atoms with Crippen LogP contribution in [0.5, 0.6) is 0 Å². The Morgan fingerprint density at radius 2 is 2.25 bits per heavy atom. The minimum Gasteiger partial charge on any atom is -0.392 e. The summed E-state index contributed by atoms with van der Waals surface area (Å²) in [5, 5.41) is 14.5. The molecular formula is C12H20N2OS. The molecule has 0 aromatic carbocycles. The van der Waals surface area contributed by atoms with Gasteiger partial charge in [-0.1, -0.05) is 12.8 Å². The normalized spacial score (nSPS) is 27.9. The minimum atomic E-state index is -0.183. The van der Waals surface area contributed by atoms with Crippen molar-refractivity contribution in [3.8, 4) is 0 Å². The second-order valence-corrected chi connectivity index (χ2v) is 5.92. The molecule has 1 unspecified atom stereocenters. The van der Waals surface area contributed by atoms with Crippen LogP contribution in [-0.4, -0.2) is 22.2 Å². The lowest BCUT2D eigenvalue weighted by Gasteiger charge is -2.30. The number of aryl methyl sites for hydroxylation is 1. The molecule has 1 saturated carbocycles. The van der Waals surface area contributed by atoms with Gasteiger partial charge in [0.05, 0.1) is 12.1 Å². The van der Waals surface area contributed by atoms with Gasteiger partial charge in [-0.25, -0.2) is 4.98 Å². The zero-order valence-electron chi connectivity index (χ0n) is 9.94. The highest BCUT2D eigenvalue weighted by Gasteiger charge is 2.25. The molecule has 0 amide bonds. The van der Waals surface area contributed by atoms with E-state index in [2.05, 4.69) is 24.1 Å². The molecule has 1 fully saturated rings. The molecule has 1 aromatic rings. The Labute approximate surface area is 101 Å². The van der Waals surface area contributed by atoms with E-state index in [0.29, 0.717) is 0 Å². The second kappa shape index (κ2) is 5.25. The van der Waals surface area contributed by atoms with E-state index in [4.69, 9.17) is 0 Å². The number of aliphatic hydroxyl groups excluding tert-OH is 1. The lowest BCUT2D eigenvalue weighted by molar-refractivity contribution is 0.0859. The SMILES string of the molecule is Cc1cnc(C(C)N[C@H]2CCCC[C@@H]2O)s1. The average Bonchev–Trinajstić information content (AvgIpc) is 2.68. The van der Waals surface area contributed by atoms with E-state index in [1.807, 2.05) is 6.20 Å². The highest BCUT2D eigenvalue weighted by Crippen LogP contribution is 2.24. The fourth-order valence-corrected chi connectivity index (χ4v) is 3.06. The van der Waals surface area contributed by atoms with Crippen molar-refractivity contribution in [3.63, 3.8) is 0 Å². The number of nitrogens with one attached hydrogen (secondary N) is 1. The van der Waals surface area contributed by atoms with E-state index in [1.54, 1.807) is 11.3 Å². The molecule has 0 saturated heterocycles. The molecule has 3 atom stereocenters. The maximum absolute atomic E-state index is 9.89. The molecule has 1 aliphatic carbocycles. The van der Waals surface area contributed by atoms with Crippen molar-refractivity contribution in [1.29, 1.82) is 0 Å². The van der Waals surface area contributed by atoms with Crippen molar-refractivity contribution in [1.82, 2.24) is 10.3 Å². The van der Waals surface area contributed by atoms with Crippen LogP contribution in [0.25, 0.3) is 0 Å². The minimum absolute atomic E-state index is 0.183. The Balaban J connectivity index is 1.93. The summed E-state index contributed by atoms with van der Waals surface area (Å²) in [5.41, 5.74) is 0. The fraction of sp³-hybridized carbons (Fsp3) is 0.750. The molecule has 0 radical (unpaired) electrons. The summed E-state index contributed by atoms with van der Waals surface area (Å²) in [5.74, 6) is 0. The molecule has 2 rings (SSSR count). The molecule has 4 heteroatoms. The van der Waals surface area contributed by atoms with Gasteiger partial charge >= 0.3 is 0 Å². The number of rotatable bonds is 3.